The minimum atomic E-state index is -1.27. The molecule has 0 heterocycles. The summed E-state index contributed by atoms with van der Waals surface area (Å²) in [6.45, 7) is 7.29. The van der Waals surface area contributed by atoms with E-state index in [0.29, 0.717) is 35.1 Å². The van der Waals surface area contributed by atoms with Crippen LogP contribution in [0.2, 0.25) is 0 Å². The summed E-state index contributed by atoms with van der Waals surface area (Å²) >= 11 is 0. The quantitative estimate of drug-likeness (QED) is 0.786. The van der Waals surface area contributed by atoms with Gasteiger partial charge in [-0.3, -0.25) is 4.79 Å². The first-order chi connectivity index (χ1) is 10.8. The predicted molar refractivity (Wildman–Crippen MR) is 88.7 cm³/mol. The van der Waals surface area contributed by atoms with E-state index in [-0.39, 0.29) is 11.5 Å². The number of aryl methyl sites for hydroxylation is 2. The number of carboxylic acids is 1. The van der Waals surface area contributed by atoms with Crippen LogP contribution in [0, 0.1) is 20.8 Å². The van der Waals surface area contributed by atoms with Crippen molar-refractivity contribution in [3.63, 3.8) is 0 Å². The Morgan fingerprint density at radius 1 is 1.00 bits per heavy atom. The highest BCUT2D eigenvalue weighted by Crippen LogP contribution is 2.40. The van der Waals surface area contributed by atoms with E-state index in [1.165, 1.54) is 12.1 Å². The van der Waals surface area contributed by atoms with Crippen molar-refractivity contribution in [3.8, 4) is 11.5 Å². The van der Waals surface area contributed by atoms with Crippen LogP contribution < -0.4 is 0 Å². The van der Waals surface area contributed by atoms with E-state index in [9.17, 15) is 20.1 Å². The van der Waals surface area contributed by atoms with Gasteiger partial charge < -0.3 is 15.3 Å². The molecule has 0 spiro atoms. The summed E-state index contributed by atoms with van der Waals surface area (Å²) in [6.07, 6.45) is 0.753. The predicted octanol–water partition coefficient (Wildman–Crippen LogP) is 3.70. The van der Waals surface area contributed by atoms with Crippen LogP contribution in [0.25, 0.3) is 0 Å². The van der Waals surface area contributed by atoms with Gasteiger partial charge in [-0.25, -0.2) is 0 Å². The second kappa shape index (κ2) is 6.32. The van der Waals surface area contributed by atoms with Gasteiger partial charge in [0.05, 0.1) is 0 Å². The second-order valence-corrected chi connectivity index (χ2v) is 5.82. The van der Waals surface area contributed by atoms with Crippen molar-refractivity contribution in [1.82, 2.24) is 0 Å². The Labute approximate surface area is 136 Å². The topological polar surface area (TPSA) is 77.8 Å². The third-order valence-corrected chi connectivity index (χ3v) is 4.30. The fourth-order valence-electron chi connectivity index (χ4n) is 2.92. The Hall–Kier alpha value is -2.49. The molecule has 0 aliphatic heterocycles. The number of aromatic hydroxyl groups is 2. The maximum Gasteiger partial charge on any atom is 0.318 e. The minimum absolute atomic E-state index is 0.129. The van der Waals surface area contributed by atoms with E-state index < -0.39 is 11.4 Å². The molecule has 0 aromatic heterocycles. The molecule has 23 heavy (non-hydrogen) atoms. The fourth-order valence-corrected chi connectivity index (χ4v) is 2.92. The highest BCUT2D eigenvalue weighted by atomic mass is 16.4. The lowest BCUT2D eigenvalue weighted by molar-refractivity contribution is -0.142. The first kappa shape index (κ1) is 16.9. The number of aliphatic carboxylic acids is 1. The molecule has 4 nitrogen and oxygen atoms in total. The molecule has 1 radical (unpaired) electrons. The number of hydrogen-bond acceptors (Lipinski definition) is 3. The van der Waals surface area contributed by atoms with Crippen LogP contribution in [0.4, 0.5) is 0 Å². The number of carbonyl (C=O) groups is 1. The molecule has 0 aliphatic carbocycles. The van der Waals surface area contributed by atoms with Crippen molar-refractivity contribution in [2.75, 3.05) is 0 Å². The lowest BCUT2D eigenvalue weighted by atomic mass is 9.70. The van der Waals surface area contributed by atoms with Crippen LogP contribution in [-0.2, 0) is 10.2 Å². The molecule has 0 fully saturated rings. The Morgan fingerprint density at radius 2 is 1.43 bits per heavy atom. The van der Waals surface area contributed by atoms with E-state index in [1.54, 1.807) is 38.1 Å². The fraction of sp³-hybridized carbons (Fsp3) is 0.263. The van der Waals surface area contributed by atoms with E-state index in [2.05, 4.69) is 6.92 Å². The zero-order valence-electron chi connectivity index (χ0n) is 13.3. The zero-order valence-corrected chi connectivity index (χ0v) is 13.3. The van der Waals surface area contributed by atoms with Crippen molar-refractivity contribution < 1.29 is 20.1 Å². The van der Waals surface area contributed by atoms with Gasteiger partial charge in [0.1, 0.15) is 16.9 Å². The Kier molecular flexibility index (Phi) is 4.64. The molecule has 0 saturated heterocycles. The lowest BCUT2D eigenvalue weighted by Crippen LogP contribution is -2.37. The number of phenols is 2. The van der Waals surface area contributed by atoms with Gasteiger partial charge in [0.2, 0.25) is 0 Å². The maximum atomic E-state index is 12.3. The van der Waals surface area contributed by atoms with Crippen LogP contribution in [-0.4, -0.2) is 21.3 Å². The maximum absolute atomic E-state index is 12.3. The van der Waals surface area contributed by atoms with E-state index >= 15 is 0 Å². The first-order valence-electron chi connectivity index (χ1n) is 7.45. The monoisotopic (exact) mass is 313 g/mol. The van der Waals surface area contributed by atoms with Gasteiger partial charge >= 0.3 is 5.97 Å². The number of rotatable bonds is 5. The molecular formula is C19H21O4. The highest BCUT2D eigenvalue weighted by molar-refractivity contribution is 5.86. The van der Waals surface area contributed by atoms with Gasteiger partial charge in [-0.1, -0.05) is 37.6 Å². The third-order valence-electron chi connectivity index (χ3n) is 4.30. The van der Waals surface area contributed by atoms with Gasteiger partial charge in [-0.05, 0) is 54.7 Å². The summed E-state index contributed by atoms with van der Waals surface area (Å²) < 4.78 is 0. The van der Waals surface area contributed by atoms with Gasteiger partial charge in [0.15, 0.2) is 0 Å². The summed E-state index contributed by atoms with van der Waals surface area (Å²) in [7, 11) is 0. The number of phenolic OH excluding ortho intramolecular Hbond substituents is 2. The van der Waals surface area contributed by atoms with Crippen LogP contribution >= 0.6 is 0 Å². The molecule has 121 valence electrons. The SMILES string of the molecule is [CH2]CCC(C(=O)O)(c1ccc(O)c(C)c1)c1ccc(O)c(C)c1. The van der Waals surface area contributed by atoms with Crippen molar-refractivity contribution in [3.05, 3.63) is 65.6 Å². The Balaban J connectivity index is 2.75. The molecular weight excluding hydrogens is 292 g/mol. The minimum Gasteiger partial charge on any atom is -0.508 e. The first-order valence-corrected chi connectivity index (χ1v) is 7.45. The number of benzene rings is 2. The van der Waals surface area contributed by atoms with Crippen LogP contribution in [0.15, 0.2) is 36.4 Å². The summed E-state index contributed by atoms with van der Waals surface area (Å²) in [5.74, 6) is -0.717. The smallest absolute Gasteiger partial charge is 0.318 e. The van der Waals surface area contributed by atoms with E-state index in [0.717, 1.165) is 0 Å². The molecule has 0 amide bonds. The third kappa shape index (κ3) is 2.89. The molecule has 2 aromatic rings. The molecule has 0 bridgehead atoms. The molecule has 4 heteroatoms. The zero-order chi connectivity index (χ0) is 17.2. The van der Waals surface area contributed by atoms with E-state index in [1.807, 2.05) is 0 Å². The molecule has 2 rings (SSSR count). The largest absolute Gasteiger partial charge is 0.508 e. The second-order valence-electron chi connectivity index (χ2n) is 5.82. The van der Waals surface area contributed by atoms with Crippen LogP contribution in [0.5, 0.6) is 11.5 Å². The summed E-state index contributed by atoms with van der Waals surface area (Å²) in [5.41, 5.74) is 1.15. The standard InChI is InChI=1S/C19H21O4/c1-4-9-19(18(22)23,14-5-7-16(20)12(2)10-14)15-6-8-17(21)13(3)11-15/h5-8,10-11,20-21H,1,4,9H2,2-3H3,(H,22,23). The van der Waals surface area contributed by atoms with Gasteiger partial charge in [0, 0.05) is 0 Å². The van der Waals surface area contributed by atoms with Crippen molar-refractivity contribution in [1.29, 1.82) is 0 Å². The summed E-state index contributed by atoms with van der Waals surface area (Å²) in [5, 5.41) is 29.5. The Bertz CT molecular complexity index is 683. The van der Waals surface area contributed by atoms with Crippen molar-refractivity contribution in [2.24, 2.45) is 0 Å². The highest BCUT2D eigenvalue weighted by Gasteiger charge is 2.41. The number of carboxylic acid groups (broad SMARTS) is 1. The summed E-state index contributed by atoms with van der Waals surface area (Å²) in [4.78, 5) is 12.3. The van der Waals surface area contributed by atoms with E-state index in [4.69, 9.17) is 0 Å². The van der Waals surface area contributed by atoms with Crippen molar-refractivity contribution >= 4 is 5.97 Å². The van der Waals surface area contributed by atoms with Crippen molar-refractivity contribution in [2.45, 2.75) is 32.1 Å². The summed E-state index contributed by atoms with van der Waals surface area (Å²) in [6, 6.07) is 9.68. The van der Waals surface area contributed by atoms with Gasteiger partial charge in [-0.15, -0.1) is 0 Å². The molecule has 0 saturated carbocycles. The van der Waals surface area contributed by atoms with Gasteiger partial charge in [-0.2, -0.15) is 0 Å². The lowest BCUT2D eigenvalue weighted by Gasteiger charge is -2.31. The van der Waals surface area contributed by atoms with Crippen LogP contribution in [0.3, 0.4) is 0 Å². The normalized spacial score (nSPS) is 11.4. The average Bonchev–Trinajstić information content (AvgIpc) is 2.50. The molecule has 0 atom stereocenters. The Morgan fingerprint density at radius 3 is 1.74 bits per heavy atom. The number of hydrogen-bond donors (Lipinski definition) is 3. The average molecular weight is 313 g/mol. The molecule has 2 aromatic carbocycles. The van der Waals surface area contributed by atoms with Gasteiger partial charge in [0.25, 0.3) is 0 Å². The van der Waals surface area contributed by atoms with Crippen LogP contribution in [0.1, 0.15) is 35.1 Å². The molecule has 0 aliphatic rings. The molecule has 3 N–H and O–H groups in total. The molecule has 0 unspecified atom stereocenters.